The number of aliphatic hydroxyl groups is 1. The van der Waals surface area contributed by atoms with E-state index < -0.39 is 40.1 Å². The van der Waals surface area contributed by atoms with Crippen LogP contribution in [0.15, 0.2) is 29.2 Å². The van der Waals surface area contributed by atoms with E-state index in [4.69, 9.17) is 16.3 Å². The number of carbonyl (C=O) groups excluding carboxylic acids is 2. The number of esters is 1. The van der Waals surface area contributed by atoms with Gasteiger partial charge in [-0.05, 0) is 51.0 Å². The van der Waals surface area contributed by atoms with Crippen LogP contribution in [0.25, 0.3) is 0 Å². The van der Waals surface area contributed by atoms with Crippen LogP contribution < -0.4 is 10.0 Å². The van der Waals surface area contributed by atoms with Gasteiger partial charge in [-0.25, -0.2) is 8.42 Å². The summed E-state index contributed by atoms with van der Waals surface area (Å²) in [6, 6.07) is 3.83. The molecule has 10 heteroatoms. The molecule has 0 spiro atoms. The fourth-order valence-corrected chi connectivity index (χ4v) is 3.42. The number of carbonyl (C=O) groups is 2. The van der Waals surface area contributed by atoms with Crippen LogP contribution in [0.5, 0.6) is 0 Å². The van der Waals surface area contributed by atoms with Crippen molar-refractivity contribution in [3.63, 3.8) is 0 Å². The highest BCUT2D eigenvalue weighted by Crippen LogP contribution is 2.19. The second-order valence-corrected chi connectivity index (χ2v) is 8.31. The van der Waals surface area contributed by atoms with Crippen molar-refractivity contribution in [3.05, 3.63) is 29.3 Å². The molecule has 0 bridgehead atoms. The normalized spacial score (nSPS) is 17.8. The van der Waals surface area contributed by atoms with Crippen molar-refractivity contribution in [1.29, 1.82) is 0 Å². The minimum atomic E-state index is -4.10. The Bertz CT molecular complexity index is 761. The first kappa shape index (κ1) is 20.6. The van der Waals surface area contributed by atoms with Crippen LogP contribution in [0.1, 0.15) is 26.7 Å². The minimum absolute atomic E-state index is 0.0969. The molecule has 3 atom stereocenters. The maximum atomic E-state index is 12.4. The van der Waals surface area contributed by atoms with Gasteiger partial charge in [0.2, 0.25) is 10.0 Å². The largest absolute Gasteiger partial charge is 0.451 e. The zero-order valence-electron chi connectivity index (χ0n) is 14.3. The lowest BCUT2D eigenvalue weighted by Crippen LogP contribution is -2.50. The molecule has 1 aromatic rings. The van der Waals surface area contributed by atoms with Crippen LogP contribution in [-0.2, 0) is 24.3 Å². The second-order valence-electron chi connectivity index (χ2n) is 6.16. The molecule has 0 saturated heterocycles. The van der Waals surface area contributed by atoms with Gasteiger partial charge in [0.25, 0.3) is 5.91 Å². The SMILES string of the molecule is C[C@H](OC(=O)[C@@H](NS(=O)(=O)c1ccc(Cl)cc1)[C@@H](C)O)C(=O)NC1CC1. The first-order valence-corrected chi connectivity index (χ1v) is 9.93. The molecule has 1 aliphatic carbocycles. The number of nitrogens with one attached hydrogen (secondary N) is 2. The molecular weight excluding hydrogens is 384 g/mol. The third-order valence-electron chi connectivity index (χ3n) is 3.73. The quantitative estimate of drug-likeness (QED) is 0.545. The molecule has 1 amide bonds. The van der Waals surface area contributed by atoms with E-state index in [9.17, 15) is 23.1 Å². The van der Waals surface area contributed by atoms with E-state index in [1.165, 1.54) is 38.1 Å². The molecule has 0 aromatic heterocycles. The Morgan fingerprint density at radius 2 is 1.81 bits per heavy atom. The highest BCUT2D eigenvalue weighted by Gasteiger charge is 2.34. The molecule has 2 rings (SSSR count). The number of amides is 1. The van der Waals surface area contributed by atoms with E-state index in [-0.39, 0.29) is 10.9 Å². The summed E-state index contributed by atoms with van der Waals surface area (Å²) in [5.41, 5.74) is 0. The Morgan fingerprint density at radius 1 is 1.23 bits per heavy atom. The van der Waals surface area contributed by atoms with Crippen LogP contribution >= 0.6 is 11.6 Å². The summed E-state index contributed by atoms with van der Waals surface area (Å²) >= 11 is 5.73. The van der Waals surface area contributed by atoms with Gasteiger partial charge in [-0.15, -0.1) is 0 Å². The predicted octanol–water partition coefficient (Wildman–Crippen LogP) is 0.578. The van der Waals surface area contributed by atoms with Crippen LogP contribution in [0.3, 0.4) is 0 Å². The molecule has 0 heterocycles. The van der Waals surface area contributed by atoms with E-state index >= 15 is 0 Å². The molecule has 1 saturated carbocycles. The van der Waals surface area contributed by atoms with Gasteiger partial charge in [-0.3, -0.25) is 9.59 Å². The molecule has 3 N–H and O–H groups in total. The highest BCUT2D eigenvalue weighted by atomic mass is 35.5. The Kier molecular flexibility index (Phi) is 6.62. The van der Waals surface area contributed by atoms with Crippen molar-refractivity contribution in [1.82, 2.24) is 10.0 Å². The number of sulfonamides is 1. The fourth-order valence-electron chi connectivity index (χ4n) is 2.04. The smallest absolute Gasteiger partial charge is 0.327 e. The van der Waals surface area contributed by atoms with Crippen molar-refractivity contribution in [2.24, 2.45) is 0 Å². The number of rotatable bonds is 8. The lowest BCUT2D eigenvalue weighted by molar-refractivity contribution is -0.158. The zero-order chi connectivity index (χ0) is 19.5. The van der Waals surface area contributed by atoms with E-state index in [1.807, 2.05) is 0 Å². The zero-order valence-corrected chi connectivity index (χ0v) is 15.9. The van der Waals surface area contributed by atoms with Crippen LogP contribution in [0.2, 0.25) is 5.02 Å². The van der Waals surface area contributed by atoms with Crippen LogP contribution in [-0.4, -0.2) is 49.7 Å². The number of benzene rings is 1. The molecule has 144 valence electrons. The molecule has 0 radical (unpaired) electrons. The fraction of sp³-hybridized carbons (Fsp3) is 0.500. The van der Waals surface area contributed by atoms with Gasteiger partial charge in [0.05, 0.1) is 11.0 Å². The van der Waals surface area contributed by atoms with Gasteiger partial charge in [0, 0.05) is 11.1 Å². The van der Waals surface area contributed by atoms with Gasteiger partial charge in [-0.2, -0.15) is 4.72 Å². The molecule has 0 aliphatic heterocycles. The lowest BCUT2D eigenvalue weighted by atomic mass is 10.2. The average Bonchev–Trinajstić information content (AvgIpc) is 3.36. The van der Waals surface area contributed by atoms with Crippen molar-refractivity contribution in [2.45, 2.75) is 55.9 Å². The van der Waals surface area contributed by atoms with Crippen LogP contribution in [0.4, 0.5) is 0 Å². The van der Waals surface area contributed by atoms with Gasteiger partial charge in [0.15, 0.2) is 6.10 Å². The average molecular weight is 405 g/mol. The summed E-state index contributed by atoms with van der Waals surface area (Å²) in [7, 11) is -4.10. The maximum absolute atomic E-state index is 12.4. The summed E-state index contributed by atoms with van der Waals surface area (Å²) in [6.45, 7) is 2.62. The summed E-state index contributed by atoms with van der Waals surface area (Å²) < 4.78 is 31.9. The minimum Gasteiger partial charge on any atom is -0.451 e. The first-order valence-electron chi connectivity index (χ1n) is 8.07. The highest BCUT2D eigenvalue weighted by molar-refractivity contribution is 7.89. The van der Waals surface area contributed by atoms with E-state index in [0.717, 1.165) is 12.8 Å². The molecule has 0 unspecified atom stereocenters. The summed E-state index contributed by atoms with van der Waals surface area (Å²) in [6.07, 6.45) is -0.722. The van der Waals surface area contributed by atoms with E-state index in [1.54, 1.807) is 0 Å². The number of ether oxygens (including phenoxy) is 1. The standard InChI is InChI=1S/C16H21ClN2O6S/c1-9(20)14(16(22)25-10(2)15(21)18-12-5-6-12)19-26(23,24)13-7-3-11(17)4-8-13/h3-4,7-10,12,14,19-20H,5-6H2,1-2H3,(H,18,21)/t9-,10+,14+/m1/s1. The number of halogens is 1. The maximum Gasteiger partial charge on any atom is 0.327 e. The van der Waals surface area contributed by atoms with Crippen molar-refractivity contribution >= 4 is 33.5 Å². The van der Waals surface area contributed by atoms with Crippen molar-refractivity contribution in [3.8, 4) is 0 Å². The predicted molar refractivity (Wildman–Crippen MR) is 94.0 cm³/mol. The van der Waals surface area contributed by atoms with Gasteiger partial charge >= 0.3 is 5.97 Å². The van der Waals surface area contributed by atoms with Gasteiger partial charge in [-0.1, -0.05) is 11.6 Å². The molecule has 1 fully saturated rings. The van der Waals surface area contributed by atoms with Gasteiger partial charge in [0.1, 0.15) is 6.04 Å². The Labute approximate surface area is 156 Å². The first-order chi connectivity index (χ1) is 12.1. The lowest BCUT2D eigenvalue weighted by Gasteiger charge is -2.22. The van der Waals surface area contributed by atoms with Gasteiger partial charge < -0.3 is 15.2 Å². The monoisotopic (exact) mass is 404 g/mol. The summed E-state index contributed by atoms with van der Waals surface area (Å²) in [4.78, 5) is 24.0. The number of hydrogen-bond donors (Lipinski definition) is 3. The Hall–Kier alpha value is -1.68. The van der Waals surface area contributed by atoms with Crippen molar-refractivity contribution in [2.75, 3.05) is 0 Å². The Balaban J connectivity index is 2.05. The molecule has 8 nitrogen and oxygen atoms in total. The second kappa shape index (κ2) is 8.34. The third kappa shape index (κ3) is 5.66. The van der Waals surface area contributed by atoms with Crippen LogP contribution in [0, 0.1) is 0 Å². The van der Waals surface area contributed by atoms with Crippen molar-refractivity contribution < 1.29 is 27.9 Å². The Morgan fingerprint density at radius 3 is 2.31 bits per heavy atom. The molecule has 1 aliphatic rings. The topological polar surface area (TPSA) is 122 Å². The van der Waals surface area contributed by atoms with E-state index in [2.05, 4.69) is 10.0 Å². The van der Waals surface area contributed by atoms with E-state index in [0.29, 0.717) is 5.02 Å². The molecule has 26 heavy (non-hydrogen) atoms. The molecular formula is C16H21ClN2O6S. The number of hydrogen-bond acceptors (Lipinski definition) is 6. The molecule has 1 aromatic carbocycles. The number of aliphatic hydroxyl groups excluding tert-OH is 1. The summed E-state index contributed by atoms with van der Waals surface area (Å²) in [5.74, 6) is -1.51. The third-order valence-corrected chi connectivity index (χ3v) is 5.44. The summed E-state index contributed by atoms with van der Waals surface area (Å²) in [5, 5.41) is 12.8.